The Kier molecular flexibility index (Phi) is 6.95. The van der Waals surface area contributed by atoms with Crippen LogP contribution in [0.3, 0.4) is 0 Å². The Labute approximate surface area is 148 Å². The zero-order chi connectivity index (χ0) is 18.3. The van der Waals surface area contributed by atoms with Gasteiger partial charge in [-0.15, -0.1) is 0 Å². The van der Waals surface area contributed by atoms with Crippen molar-refractivity contribution in [1.82, 2.24) is 10.6 Å². The molecule has 0 radical (unpaired) electrons. The molecule has 0 spiro atoms. The lowest BCUT2D eigenvalue weighted by Crippen LogP contribution is -2.46. The SMILES string of the molecule is COC(=O)CS(=O)(=O)Cc1ccc(CNC(=O)C2CCCCN2)cc1. The second kappa shape index (κ2) is 8.96. The minimum Gasteiger partial charge on any atom is -0.468 e. The Balaban J connectivity index is 1.85. The van der Waals surface area contributed by atoms with Crippen molar-refractivity contribution in [2.45, 2.75) is 37.6 Å². The first-order valence-electron chi connectivity index (χ1n) is 8.26. The standard InChI is InChI=1S/C17H24N2O5S/c1-24-16(20)12-25(22,23)11-14-7-5-13(6-8-14)10-19-17(21)15-4-2-3-9-18-15/h5-8,15,18H,2-4,9-12H2,1H3,(H,19,21). The molecule has 8 heteroatoms. The third kappa shape index (κ3) is 6.47. The first-order chi connectivity index (χ1) is 11.9. The molecule has 1 aromatic carbocycles. The monoisotopic (exact) mass is 368 g/mol. The van der Waals surface area contributed by atoms with Crippen LogP contribution >= 0.6 is 0 Å². The van der Waals surface area contributed by atoms with Crippen LogP contribution in [0.4, 0.5) is 0 Å². The third-order valence-electron chi connectivity index (χ3n) is 4.07. The van der Waals surface area contributed by atoms with Gasteiger partial charge >= 0.3 is 5.97 Å². The molecule has 1 aliphatic rings. The number of rotatable bonds is 7. The highest BCUT2D eigenvalue weighted by Crippen LogP contribution is 2.10. The predicted molar refractivity (Wildman–Crippen MR) is 93.4 cm³/mol. The summed E-state index contributed by atoms with van der Waals surface area (Å²) in [6, 6.07) is 6.80. The smallest absolute Gasteiger partial charge is 0.320 e. The molecule has 0 aromatic heterocycles. The van der Waals surface area contributed by atoms with Gasteiger partial charge in [-0.25, -0.2) is 8.42 Å². The summed E-state index contributed by atoms with van der Waals surface area (Å²) in [6.07, 6.45) is 3.01. The summed E-state index contributed by atoms with van der Waals surface area (Å²) in [5.74, 6) is -1.63. The molecule has 0 aliphatic carbocycles. The maximum Gasteiger partial charge on any atom is 0.320 e. The molecule has 1 fully saturated rings. The average molecular weight is 368 g/mol. The number of ether oxygens (including phenoxy) is 1. The van der Waals surface area contributed by atoms with Crippen LogP contribution in [-0.4, -0.2) is 45.7 Å². The summed E-state index contributed by atoms with van der Waals surface area (Å²) in [6.45, 7) is 1.26. The molecule has 1 saturated heterocycles. The number of amides is 1. The summed E-state index contributed by atoms with van der Waals surface area (Å²) in [5.41, 5.74) is 1.48. The van der Waals surface area contributed by atoms with Gasteiger partial charge in [0.1, 0.15) is 5.75 Å². The van der Waals surface area contributed by atoms with Gasteiger partial charge in [0.15, 0.2) is 9.84 Å². The van der Waals surface area contributed by atoms with Gasteiger partial charge in [0.2, 0.25) is 5.91 Å². The van der Waals surface area contributed by atoms with E-state index in [2.05, 4.69) is 15.4 Å². The van der Waals surface area contributed by atoms with Gasteiger partial charge in [0, 0.05) is 6.54 Å². The second-order valence-corrected chi connectivity index (χ2v) is 8.21. The number of carbonyl (C=O) groups excluding carboxylic acids is 2. The molecule has 2 N–H and O–H groups in total. The molecule has 2 rings (SSSR count). The van der Waals surface area contributed by atoms with Gasteiger partial charge in [-0.3, -0.25) is 9.59 Å². The number of sulfone groups is 1. The van der Waals surface area contributed by atoms with Crippen LogP contribution in [0.2, 0.25) is 0 Å². The lowest BCUT2D eigenvalue weighted by molar-refractivity contribution is -0.137. The van der Waals surface area contributed by atoms with E-state index in [9.17, 15) is 18.0 Å². The van der Waals surface area contributed by atoms with E-state index < -0.39 is 21.6 Å². The van der Waals surface area contributed by atoms with Gasteiger partial charge in [0.05, 0.1) is 18.9 Å². The van der Waals surface area contributed by atoms with E-state index in [1.807, 2.05) is 0 Å². The molecule has 138 valence electrons. The molecule has 0 saturated carbocycles. The normalized spacial score (nSPS) is 17.7. The zero-order valence-electron chi connectivity index (χ0n) is 14.3. The Morgan fingerprint density at radius 1 is 1.20 bits per heavy atom. The summed E-state index contributed by atoms with van der Waals surface area (Å²) in [7, 11) is -2.40. The van der Waals surface area contributed by atoms with Gasteiger partial charge in [0.25, 0.3) is 0 Å². The number of nitrogens with one attached hydrogen (secondary N) is 2. The van der Waals surface area contributed by atoms with Crippen molar-refractivity contribution in [2.75, 3.05) is 19.4 Å². The zero-order valence-corrected chi connectivity index (χ0v) is 15.1. The molecule has 1 aliphatic heterocycles. The molecule has 0 bridgehead atoms. The van der Waals surface area contributed by atoms with E-state index in [0.717, 1.165) is 38.5 Å². The summed E-state index contributed by atoms with van der Waals surface area (Å²) >= 11 is 0. The van der Waals surface area contributed by atoms with Crippen molar-refractivity contribution in [3.8, 4) is 0 Å². The summed E-state index contributed by atoms with van der Waals surface area (Å²) < 4.78 is 28.1. The van der Waals surface area contributed by atoms with E-state index in [0.29, 0.717) is 12.1 Å². The van der Waals surface area contributed by atoms with Crippen molar-refractivity contribution >= 4 is 21.7 Å². The van der Waals surface area contributed by atoms with Gasteiger partial charge in [-0.1, -0.05) is 30.7 Å². The fourth-order valence-electron chi connectivity index (χ4n) is 2.68. The minimum absolute atomic E-state index is 0.00978. The first-order valence-corrected chi connectivity index (χ1v) is 10.1. The van der Waals surface area contributed by atoms with Crippen molar-refractivity contribution in [3.05, 3.63) is 35.4 Å². The van der Waals surface area contributed by atoms with Crippen LogP contribution in [0.15, 0.2) is 24.3 Å². The highest BCUT2D eigenvalue weighted by atomic mass is 32.2. The molecular formula is C17H24N2O5S. The number of carbonyl (C=O) groups is 2. The Hall–Kier alpha value is -1.93. The van der Waals surface area contributed by atoms with E-state index in [4.69, 9.17) is 0 Å². The fraction of sp³-hybridized carbons (Fsp3) is 0.529. The van der Waals surface area contributed by atoms with Crippen molar-refractivity contribution < 1.29 is 22.7 Å². The fourth-order valence-corrected chi connectivity index (χ4v) is 3.96. The van der Waals surface area contributed by atoms with Crippen molar-refractivity contribution in [1.29, 1.82) is 0 Å². The van der Waals surface area contributed by atoms with E-state index in [1.54, 1.807) is 24.3 Å². The highest BCUT2D eigenvalue weighted by molar-refractivity contribution is 7.91. The molecule has 1 aromatic rings. The minimum atomic E-state index is -3.55. The number of hydrogen-bond acceptors (Lipinski definition) is 6. The van der Waals surface area contributed by atoms with E-state index >= 15 is 0 Å². The van der Waals surface area contributed by atoms with E-state index in [-0.39, 0.29) is 17.7 Å². The van der Waals surface area contributed by atoms with Gasteiger partial charge in [-0.05, 0) is 30.5 Å². The first kappa shape index (κ1) is 19.4. The summed E-state index contributed by atoms with van der Waals surface area (Å²) in [5, 5.41) is 6.08. The molecule has 1 amide bonds. The average Bonchev–Trinajstić information content (AvgIpc) is 2.60. The number of methoxy groups -OCH3 is 1. The van der Waals surface area contributed by atoms with Crippen LogP contribution in [-0.2, 0) is 36.5 Å². The Morgan fingerprint density at radius 3 is 2.48 bits per heavy atom. The number of esters is 1. The molecular weight excluding hydrogens is 344 g/mol. The summed E-state index contributed by atoms with van der Waals surface area (Å²) in [4.78, 5) is 23.2. The lowest BCUT2D eigenvalue weighted by Gasteiger charge is -2.22. The second-order valence-electron chi connectivity index (χ2n) is 6.15. The molecule has 1 atom stereocenters. The topological polar surface area (TPSA) is 102 Å². The van der Waals surface area contributed by atoms with Crippen LogP contribution < -0.4 is 10.6 Å². The molecule has 1 unspecified atom stereocenters. The molecule has 7 nitrogen and oxygen atoms in total. The number of piperidine rings is 1. The van der Waals surface area contributed by atoms with Crippen LogP contribution in [0.5, 0.6) is 0 Å². The van der Waals surface area contributed by atoms with Crippen LogP contribution in [0, 0.1) is 0 Å². The predicted octanol–water partition coefficient (Wildman–Crippen LogP) is 0.533. The lowest BCUT2D eigenvalue weighted by atomic mass is 10.0. The van der Waals surface area contributed by atoms with Crippen LogP contribution in [0.25, 0.3) is 0 Å². The van der Waals surface area contributed by atoms with Crippen molar-refractivity contribution in [2.24, 2.45) is 0 Å². The van der Waals surface area contributed by atoms with Gasteiger partial charge in [-0.2, -0.15) is 0 Å². The van der Waals surface area contributed by atoms with Gasteiger partial charge < -0.3 is 15.4 Å². The number of benzene rings is 1. The maximum atomic E-state index is 12.1. The highest BCUT2D eigenvalue weighted by Gasteiger charge is 2.20. The quantitative estimate of drug-likeness (QED) is 0.681. The van der Waals surface area contributed by atoms with Crippen molar-refractivity contribution in [3.63, 3.8) is 0 Å². The maximum absolute atomic E-state index is 12.1. The van der Waals surface area contributed by atoms with Crippen LogP contribution in [0.1, 0.15) is 30.4 Å². The molecule has 1 heterocycles. The number of hydrogen-bond donors (Lipinski definition) is 2. The largest absolute Gasteiger partial charge is 0.468 e. The molecule has 25 heavy (non-hydrogen) atoms. The Morgan fingerprint density at radius 2 is 1.88 bits per heavy atom. The van der Waals surface area contributed by atoms with E-state index in [1.165, 1.54) is 0 Å². The Bertz CT molecular complexity index is 694. The third-order valence-corrected chi connectivity index (χ3v) is 5.52.